The van der Waals surface area contributed by atoms with Gasteiger partial charge in [-0.2, -0.15) is 0 Å². The highest BCUT2D eigenvalue weighted by Crippen LogP contribution is 2.38. The van der Waals surface area contributed by atoms with Crippen LogP contribution < -0.4 is 5.19 Å². The summed E-state index contributed by atoms with van der Waals surface area (Å²) in [6, 6.07) is 11.0. The summed E-state index contributed by atoms with van der Waals surface area (Å²) in [6.07, 6.45) is 5.59. The van der Waals surface area contributed by atoms with E-state index in [2.05, 4.69) is 84.1 Å². The molecule has 132 valence electrons. The van der Waals surface area contributed by atoms with Crippen molar-refractivity contribution in [2.75, 3.05) is 0 Å². The molecule has 0 saturated carbocycles. The Morgan fingerprint density at radius 3 is 2.08 bits per heavy atom. The molecule has 0 bridgehead atoms. The van der Waals surface area contributed by atoms with Gasteiger partial charge < -0.3 is 9.31 Å². The van der Waals surface area contributed by atoms with Gasteiger partial charge in [-0.25, -0.2) is 0 Å². The summed E-state index contributed by atoms with van der Waals surface area (Å²) in [7, 11) is -1.76. The van der Waals surface area contributed by atoms with Gasteiger partial charge in [0, 0.05) is 6.32 Å². The summed E-state index contributed by atoms with van der Waals surface area (Å²) in [5.41, 5.74) is -0.494. The first-order chi connectivity index (χ1) is 11.1. The third-order valence-electron chi connectivity index (χ3n) is 5.68. The first-order valence-corrected chi connectivity index (χ1v) is 12.2. The molecule has 0 N–H and O–H groups in total. The standard InChI is InChI=1S/C20H33BO2Si/c1-8-12-17(24(6,7)18-13-10-9-11-14-18)15-16-21-22-19(2,3)20(4,5)23-21/h9-11,13-15H,8,12,16H2,1-7H3/b17-15-. The Bertz CT molecular complexity index is 563. The largest absolute Gasteiger partial charge is 0.461 e. The maximum absolute atomic E-state index is 6.16. The number of allylic oxidation sites excluding steroid dienone is 2. The molecular formula is C20H33BO2Si. The quantitative estimate of drug-likeness (QED) is 0.679. The van der Waals surface area contributed by atoms with Crippen LogP contribution >= 0.6 is 0 Å². The molecule has 0 unspecified atom stereocenters. The summed E-state index contributed by atoms with van der Waals surface area (Å²) in [5.74, 6) is 0. The maximum Gasteiger partial charge on any atom is 0.461 e. The fraction of sp³-hybridized carbons (Fsp3) is 0.600. The minimum atomic E-state index is -1.62. The van der Waals surface area contributed by atoms with Crippen LogP contribution in [0.4, 0.5) is 0 Å². The van der Waals surface area contributed by atoms with Crippen molar-refractivity contribution >= 4 is 20.4 Å². The van der Waals surface area contributed by atoms with E-state index in [1.54, 1.807) is 5.20 Å². The lowest BCUT2D eigenvalue weighted by molar-refractivity contribution is 0.00578. The van der Waals surface area contributed by atoms with Crippen molar-refractivity contribution in [3.8, 4) is 0 Å². The third-order valence-corrected chi connectivity index (χ3v) is 9.51. The van der Waals surface area contributed by atoms with Gasteiger partial charge in [0.25, 0.3) is 0 Å². The van der Waals surface area contributed by atoms with Gasteiger partial charge >= 0.3 is 7.12 Å². The molecule has 2 nitrogen and oxygen atoms in total. The van der Waals surface area contributed by atoms with Crippen LogP contribution in [0.25, 0.3) is 0 Å². The van der Waals surface area contributed by atoms with E-state index >= 15 is 0 Å². The van der Waals surface area contributed by atoms with Crippen molar-refractivity contribution in [2.24, 2.45) is 0 Å². The van der Waals surface area contributed by atoms with Crippen LogP contribution in [0.15, 0.2) is 41.6 Å². The average Bonchev–Trinajstić information content (AvgIpc) is 2.71. The number of benzene rings is 1. The molecule has 0 amide bonds. The van der Waals surface area contributed by atoms with Crippen LogP contribution in [0.5, 0.6) is 0 Å². The van der Waals surface area contributed by atoms with Crippen LogP contribution in [-0.4, -0.2) is 26.4 Å². The lowest BCUT2D eigenvalue weighted by Gasteiger charge is -2.32. The van der Waals surface area contributed by atoms with E-state index in [-0.39, 0.29) is 18.3 Å². The lowest BCUT2D eigenvalue weighted by Crippen LogP contribution is -2.43. The Hall–Kier alpha value is -0.838. The molecule has 1 saturated heterocycles. The maximum atomic E-state index is 6.16. The number of rotatable bonds is 6. The van der Waals surface area contributed by atoms with Gasteiger partial charge in [0.1, 0.15) is 8.07 Å². The predicted molar refractivity (Wildman–Crippen MR) is 107 cm³/mol. The molecule has 0 atom stereocenters. The van der Waals surface area contributed by atoms with Crippen LogP contribution in [-0.2, 0) is 9.31 Å². The number of hydrogen-bond acceptors (Lipinski definition) is 2. The van der Waals surface area contributed by atoms with Crippen LogP contribution in [0.3, 0.4) is 0 Å². The zero-order valence-corrected chi connectivity index (χ0v) is 17.5. The highest BCUT2D eigenvalue weighted by atomic mass is 28.3. The third kappa shape index (κ3) is 4.04. The molecule has 1 heterocycles. The molecule has 1 fully saturated rings. The van der Waals surface area contributed by atoms with Gasteiger partial charge in [-0.15, -0.1) is 0 Å². The SMILES string of the molecule is CCC/C(=C/CB1OC(C)(C)C(C)(C)O1)[Si](C)(C)c1ccccc1. The van der Waals surface area contributed by atoms with Gasteiger partial charge in [0.2, 0.25) is 0 Å². The van der Waals surface area contributed by atoms with Crippen molar-refractivity contribution < 1.29 is 9.31 Å². The monoisotopic (exact) mass is 344 g/mol. The summed E-state index contributed by atoms with van der Waals surface area (Å²) in [6.45, 7) is 15.6. The summed E-state index contributed by atoms with van der Waals surface area (Å²) >= 11 is 0. The molecule has 1 aliphatic rings. The molecule has 1 aliphatic heterocycles. The Morgan fingerprint density at radius 2 is 1.58 bits per heavy atom. The predicted octanol–water partition coefficient (Wildman–Crippen LogP) is 4.96. The summed E-state index contributed by atoms with van der Waals surface area (Å²) in [5, 5.41) is 3.10. The molecule has 1 aromatic carbocycles. The van der Waals surface area contributed by atoms with E-state index in [1.807, 2.05) is 0 Å². The summed E-state index contributed by atoms with van der Waals surface area (Å²) < 4.78 is 12.3. The smallest absolute Gasteiger partial charge is 0.403 e. The molecular weight excluding hydrogens is 311 g/mol. The van der Waals surface area contributed by atoms with Crippen molar-refractivity contribution in [1.29, 1.82) is 0 Å². The Kier molecular flexibility index (Phi) is 5.83. The molecule has 24 heavy (non-hydrogen) atoms. The van der Waals surface area contributed by atoms with Gasteiger partial charge in [-0.3, -0.25) is 0 Å². The molecule has 2 rings (SSSR count). The first-order valence-electron chi connectivity index (χ1n) is 9.21. The van der Waals surface area contributed by atoms with Gasteiger partial charge in [-0.05, 0) is 34.1 Å². The van der Waals surface area contributed by atoms with Crippen molar-refractivity contribution in [1.82, 2.24) is 0 Å². The fourth-order valence-corrected chi connectivity index (χ4v) is 6.18. The van der Waals surface area contributed by atoms with Crippen LogP contribution in [0.2, 0.25) is 19.4 Å². The minimum Gasteiger partial charge on any atom is -0.403 e. The number of hydrogen-bond donors (Lipinski definition) is 0. The minimum absolute atomic E-state index is 0.137. The van der Waals surface area contributed by atoms with Crippen molar-refractivity contribution in [3.05, 3.63) is 41.6 Å². The zero-order valence-electron chi connectivity index (χ0n) is 16.5. The summed E-state index contributed by atoms with van der Waals surface area (Å²) in [4.78, 5) is 0. The average molecular weight is 344 g/mol. The van der Waals surface area contributed by atoms with Crippen molar-refractivity contribution in [2.45, 2.75) is 78.1 Å². The molecule has 0 spiro atoms. The Morgan fingerprint density at radius 1 is 1.04 bits per heavy atom. The topological polar surface area (TPSA) is 18.5 Å². The van der Waals surface area contributed by atoms with E-state index in [9.17, 15) is 0 Å². The molecule has 1 aromatic rings. The van der Waals surface area contributed by atoms with E-state index in [0.29, 0.717) is 0 Å². The second kappa shape index (κ2) is 7.19. The van der Waals surface area contributed by atoms with Gasteiger partial charge in [0.15, 0.2) is 0 Å². The molecule has 0 aromatic heterocycles. The van der Waals surface area contributed by atoms with E-state index in [4.69, 9.17) is 9.31 Å². The zero-order chi connectivity index (χ0) is 18.0. The second-order valence-corrected chi connectivity index (χ2v) is 12.9. The van der Waals surface area contributed by atoms with Crippen LogP contribution in [0.1, 0.15) is 47.5 Å². The Balaban J connectivity index is 2.18. The Labute approximate surface area is 149 Å². The normalized spacial score (nSPS) is 20.5. The first kappa shape index (κ1) is 19.5. The van der Waals surface area contributed by atoms with E-state index in [0.717, 1.165) is 12.7 Å². The van der Waals surface area contributed by atoms with E-state index < -0.39 is 8.07 Å². The molecule has 0 aliphatic carbocycles. The highest BCUT2D eigenvalue weighted by molar-refractivity contribution is 6.95. The fourth-order valence-electron chi connectivity index (χ4n) is 3.28. The molecule has 0 radical (unpaired) electrons. The van der Waals surface area contributed by atoms with Gasteiger partial charge in [0.05, 0.1) is 11.2 Å². The van der Waals surface area contributed by atoms with Gasteiger partial charge in [-0.1, -0.05) is 73.2 Å². The second-order valence-electron chi connectivity index (χ2n) is 8.39. The van der Waals surface area contributed by atoms with E-state index in [1.165, 1.54) is 11.6 Å². The van der Waals surface area contributed by atoms with Crippen molar-refractivity contribution in [3.63, 3.8) is 0 Å². The molecule has 4 heteroatoms. The highest BCUT2D eigenvalue weighted by Gasteiger charge is 2.50. The lowest BCUT2D eigenvalue weighted by atomic mass is 9.84. The van der Waals surface area contributed by atoms with Crippen LogP contribution in [0, 0.1) is 0 Å².